The summed E-state index contributed by atoms with van der Waals surface area (Å²) in [7, 11) is 0. The minimum atomic E-state index is 0.353. The molecule has 5 nitrogen and oxygen atoms in total. The Kier molecular flexibility index (Phi) is 4.06. The molecule has 1 saturated carbocycles. The molecule has 0 bridgehead atoms. The molecule has 2 heterocycles. The predicted octanol–water partition coefficient (Wildman–Crippen LogP) is 2.34. The normalized spacial score (nSPS) is 20.3. The Labute approximate surface area is 118 Å². The molecule has 0 aromatic carbocycles. The van der Waals surface area contributed by atoms with Crippen molar-refractivity contribution in [2.45, 2.75) is 43.7 Å². The number of anilines is 2. The molecule has 3 rings (SSSR count). The molecule has 2 aliphatic rings. The molecule has 2 fully saturated rings. The molecule has 104 valence electrons. The van der Waals surface area contributed by atoms with Gasteiger partial charge in [0, 0.05) is 18.8 Å². The van der Waals surface area contributed by atoms with Crippen molar-refractivity contribution in [2.24, 2.45) is 5.92 Å². The van der Waals surface area contributed by atoms with E-state index in [-0.39, 0.29) is 0 Å². The van der Waals surface area contributed by atoms with Gasteiger partial charge in [0.1, 0.15) is 0 Å². The molecule has 0 unspecified atom stereocenters. The highest BCUT2D eigenvalue weighted by atomic mass is 32.2. The van der Waals surface area contributed by atoms with Gasteiger partial charge in [0.2, 0.25) is 11.9 Å². The maximum absolute atomic E-state index is 5.81. The molecule has 19 heavy (non-hydrogen) atoms. The summed E-state index contributed by atoms with van der Waals surface area (Å²) in [6.45, 7) is 2.08. The van der Waals surface area contributed by atoms with Crippen LogP contribution in [0.5, 0.6) is 0 Å². The molecule has 0 amide bonds. The van der Waals surface area contributed by atoms with Gasteiger partial charge in [0.25, 0.3) is 0 Å². The van der Waals surface area contributed by atoms with Gasteiger partial charge in [-0.3, -0.25) is 0 Å². The first-order valence-electron chi connectivity index (χ1n) is 7.20. The zero-order chi connectivity index (χ0) is 13.1. The second-order valence-electron chi connectivity index (χ2n) is 5.43. The van der Waals surface area contributed by atoms with Crippen molar-refractivity contribution in [3.63, 3.8) is 0 Å². The van der Waals surface area contributed by atoms with Crippen molar-refractivity contribution in [3.8, 4) is 0 Å². The standard InChI is InChI=1S/C13H21N5S/c14-11-15-12(18-7-3-4-8-18)17-13(16-11)19-9-10-5-1-2-6-10/h10H,1-9H2,(H2,14,15,16,17). The molecule has 0 spiro atoms. The van der Waals surface area contributed by atoms with E-state index in [1.165, 1.54) is 38.5 Å². The quantitative estimate of drug-likeness (QED) is 0.853. The minimum Gasteiger partial charge on any atom is -0.368 e. The smallest absolute Gasteiger partial charge is 0.231 e. The molecule has 1 aromatic rings. The van der Waals surface area contributed by atoms with Crippen molar-refractivity contribution in [2.75, 3.05) is 29.5 Å². The summed E-state index contributed by atoms with van der Waals surface area (Å²) < 4.78 is 0. The van der Waals surface area contributed by atoms with Gasteiger partial charge in [0.15, 0.2) is 5.16 Å². The molecule has 6 heteroatoms. The van der Waals surface area contributed by atoms with Gasteiger partial charge in [-0.05, 0) is 31.6 Å². The van der Waals surface area contributed by atoms with Crippen LogP contribution in [0.4, 0.5) is 11.9 Å². The second-order valence-corrected chi connectivity index (χ2v) is 6.42. The maximum atomic E-state index is 5.81. The lowest BCUT2D eigenvalue weighted by molar-refractivity contribution is 0.622. The number of hydrogen-bond donors (Lipinski definition) is 1. The van der Waals surface area contributed by atoms with Crippen LogP contribution in [0.2, 0.25) is 0 Å². The van der Waals surface area contributed by atoms with Crippen LogP contribution in [-0.4, -0.2) is 33.8 Å². The molecular formula is C13H21N5S. The van der Waals surface area contributed by atoms with Crippen LogP contribution in [0.15, 0.2) is 5.16 Å². The number of nitrogens with two attached hydrogens (primary N) is 1. The van der Waals surface area contributed by atoms with Crippen LogP contribution in [0.1, 0.15) is 38.5 Å². The third kappa shape index (κ3) is 3.29. The van der Waals surface area contributed by atoms with Gasteiger partial charge in [0.05, 0.1) is 0 Å². The molecule has 1 aliphatic heterocycles. The molecule has 1 aromatic heterocycles. The van der Waals surface area contributed by atoms with E-state index < -0.39 is 0 Å². The van der Waals surface area contributed by atoms with Crippen LogP contribution in [0, 0.1) is 5.92 Å². The Morgan fingerprint density at radius 3 is 2.53 bits per heavy atom. The van der Waals surface area contributed by atoms with Crippen LogP contribution < -0.4 is 10.6 Å². The summed E-state index contributed by atoms with van der Waals surface area (Å²) >= 11 is 1.74. The Morgan fingerprint density at radius 1 is 1.05 bits per heavy atom. The van der Waals surface area contributed by atoms with E-state index in [2.05, 4.69) is 19.9 Å². The van der Waals surface area contributed by atoms with Gasteiger partial charge >= 0.3 is 0 Å². The second kappa shape index (κ2) is 5.94. The fourth-order valence-electron chi connectivity index (χ4n) is 2.85. The third-order valence-corrected chi connectivity index (χ3v) is 5.01. The lowest BCUT2D eigenvalue weighted by Gasteiger charge is -2.15. The van der Waals surface area contributed by atoms with Gasteiger partial charge < -0.3 is 10.6 Å². The first-order chi connectivity index (χ1) is 9.31. The van der Waals surface area contributed by atoms with Gasteiger partial charge in [-0.2, -0.15) is 15.0 Å². The largest absolute Gasteiger partial charge is 0.368 e. The van der Waals surface area contributed by atoms with E-state index in [1.807, 2.05) is 0 Å². The zero-order valence-corrected chi connectivity index (χ0v) is 12.0. The summed E-state index contributed by atoms with van der Waals surface area (Å²) in [4.78, 5) is 15.3. The first-order valence-corrected chi connectivity index (χ1v) is 8.19. The summed E-state index contributed by atoms with van der Waals surface area (Å²) in [6.07, 6.45) is 7.90. The minimum absolute atomic E-state index is 0.353. The van der Waals surface area contributed by atoms with E-state index in [4.69, 9.17) is 5.73 Å². The maximum Gasteiger partial charge on any atom is 0.231 e. The molecule has 2 N–H and O–H groups in total. The predicted molar refractivity (Wildman–Crippen MR) is 78.4 cm³/mol. The van der Waals surface area contributed by atoms with Crippen molar-refractivity contribution in [1.29, 1.82) is 0 Å². The zero-order valence-electron chi connectivity index (χ0n) is 11.2. The molecule has 0 radical (unpaired) electrons. The first kappa shape index (κ1) is 13.0. The monoisotopic (exact) mass is 279 g/mol. The fourth-order valence-corrected chi connectivity index (χ4v) is 3.88. The van der Waals surface area contributed by atoms with E-state index in [0.29, 0.717) is 5.95 Å². The van der Waals surface area contributed by atoms with E-state index in [0.717, 1.165) is 35.9 Å². The average Bonchev–Trinajstić information content (AvgIpc) is 3.09. The summed E-state index contributed by atoms with van der Waals surface area (Å²) in [5, 5.41) is 0.793. The number of nitrogen functional groups attached to an aromatic ring is 1. The van der Waals surface area contributed by atoms with Crippen molar-refractivity contribution < 1.29 is 0 Å². The highest BCUT2D eigenvalue weighted by Gasteiger charge is 2.19. The van der Waals surface area contributed by atoms with Gasteiger partial charge in [-0.25, -0.2) is 0 Å². The number of hydrogen-bond acceptors (Lipinski definition) is 6. The van der Waals surface area contributed by atoms with E-state index in [1.54, 1.807) is 11.8 Å². The molecule has 1 aliphatic carbocycles. The molecule has 0 atom stereocenters. The van der Waals surface area contributed by atoms with Crippen molar-refractivity contribution in [1.82, 2.24) is 15.0 Å². The van der Waals surface area contributed by atoms with Crippen LogP contribution >= 0.6 is 11.8 Å². The SMILES string of the molecule is Nc1nc(SCC2CCCC2)nc(N2CCCC2)n1. The highest BCUT2D eigenvalue weighted by Crippen LogP contribution is 2.30. The van der Waals surface area contributed by atoms with E-state index in [9.17, 15) is 0 Å². The topological polar surface area (TPSA) is 67.9 Å². The average molecular weight is 279 g/mol. The van der Waals surface area contributed by atoms with Crippen LogP contribution in [-0.2, 0) is 0 Å². The summed E-state index contributed by atoms with van der Waals surface area (Å²) in [5.41, 5.74) is 5.81. The van der Waals surface area contributed by atoms with Crippen LogP contribution in [0.3, 0.4) is 0 Å². The van der Waals surface area contributed by atoms with Gasteiger partial charge in [-0.15, -0.1) is 0 Å². The van der Waals surface area contributed by atoms with E-state index >= 15 is 0 Å². The Hall–Kier alpha value is -1.04. The number of rotatable bonds is 4. The van der Waals surface area contributed by atoms with Crippen molar-refractivity contribution >= 4 is 23.7 Å². The Morgan fingerprint density at radius 2 is 1.79 bits per heavy atom. The lowest BCUT2D eigenvalue weighted by atomic mass is 10.1. The molecule has 1 saturated heterocycles. The number of aromatic nitrogens is 3. The number of thioether (sulfide) groups is 1. The summed E-state index contributed by atoms with van der Waals surface area (Å²) in [5.74, 6) is 3.06. The Bertz CT molecular complexity index is 427. The summed E-state index contributed by atoms with van der Waals surface area (Å²) in [6, 6.07) is 0. The lowest BCUT2D eigenvalue weighted by Crippen LogP contribution is -2.21. The fraction of sp³-hybridized carbons (Fsp3) is 0.769. The molecular weight excluding hydrogens is 258 g/mol. The number of nitrogens with zero attached hydrogens (tertiary/aromatic N) is 4. The highest BCUT2D eigenvalue weighted by molar-refractivity contribution is 7.99. The van der Waals surface area contributed by atoms with Crippen LogP contribution in [0.25, 0.3) is 0 Å². The van der Waals surface area contributed by atoms with Gasteiger partial charge in [-0.1, -0.05) is 24.6 Å². The third-order valence-electron chi connectivity index (χ3n) is 3.93. The Balaban J connectivity index is 1.66. The van der Waals surface area contributed by atoms with Crippen molar-refractivity contribution in [3.05, 3.63) is 0 Å².